The summed E-state index contributed by atoms with van der Waals surface area (Å²) >= 11 is 0. The zero-order valence-corrected chi connectivity index (χ0v) is 14.2. The molecular weight excluding hydrogens is 290 g/mol. The molecule has 0 amide bonds. The first-order chi connectivity index (χ1) is 11.1. The molecule has 0 radical (unpaired) electrons. The lowest BCUT2D eigenvalue weighted by Gasteiger charge is -2.29. The van der Waals surface area contributed by atoms with Gasteiger partial charge in [0.2, 0.25) is 0 Å². The normalized spacial score (nSPS) is 17.1. The van der Waals surface area contributed by atoms with Crippen molar-refractivity contribution in [1.82, 2.24) is 30.0 Å². The molecule has 1 unspecified atom stereocenters. The number of rotatable bonds is 6. The second kappa shape index (κ2) is 6.54. The number of aryl methyl sites for hydroxylation is 1. The first-order valence-electron chi connectivity index (χ1n) is 8.20. The van der Waals surface area contributed by atoms with Gasteiger partial charge in [0.05, 0.1) is 11.8 Å². The summed E-state index contributed by atoms with van der Waals surface area (Å²) in [4.78, 5) is 15.0. The van der Waals surface area contributed by atoms with Crippen LogP contribution in [0.3, 0.4) is 0 Å². The second-order valence-electron chi connectivity index (χ2n) is 6.40. The van der Waals surface area contributed by atoms with E-state index in [1.54, 1.807) is 4.68 Å². The lowest BCUT2D eigenvalue weighted by atomic mass is 10.2. The van der Waals surface area contributed by atoms with Crippen LogP contribution in [0.1, 0.15) is 27.2 Å². The van der Waals surface area contributed by atoms with Gasteiger partial charge in [-0.2, -0.15) is 5.10 Å². The predicted octanol–water partition coefficient (Wildman–Crippen LogP) is 0.423. The quantitative estimate of drug-likeness (QED) is 0.810. The summed E-state index contributed by atoms with van der Waals surface area (Å²) in [7, 11) is 1.90. The zero-order valence-electron chi connectivity index (χ0n) is 14.2. The van der Waals surface area contributed by atoms with Gasteiger partial charge in [-0.3, -0.25) is 10.00 Å². The molecule has 0 fully saturated rings. The van der Waals surface area contributed by atoms with Crippen LogP contribution in [-0.2, 0) is 7.05 Å². The van der Waals surface area contributed by atoms with Crippen molar-refractivity contribution in [3.63, 3.8) is 0 Å². The van der Waals surface area contributed by atoms with Crippen molar-refractivity contribution < 1.29 is 0 Å². The van der Waals surface area contributed by atoms with Crippen LogP contribution in [0.5, 0.6) is 0 Å². The van der Waals surface area contributed by atoms with Crippen molar-refractivity contribution in [3.8, 4) is 11.4 Å². The van der Waals surface area contributed by atoms with Crippen molar-refractivity contribution >= 4 is 6.20 Å². The fourth-order valence-corrected chi connectivity index (χ4v) is 2.62. The topological polar surface area (TPSA) is 74.1 Å². The Hall–Kier alpha value is -2.15. The maximum Gasteiger partial charge on any atom is 0.178 e. The van der Waals surface area contributed by atoms with E-state index in [2.05, 4.69) is 52.3 Å². The molecule has 2 aromatic rings. The number of imidazole rings is 1. The molecule has 1 aliphatic heterocycles. The summed E-state index contributed by atoms with van der Waals surface area (Å²) in [5.41, 5.74) is 1.73. The molecule has 3 rings (SSSR count). The molecule has 0 saturated carbocycles. The molecular formula is C16H25N7. The van der Waals surface area contributed by atoms with Crippen LogP contribution in [-0.4, -0.2) is 44.0 Å². The third kappa shape index (κ3) is 3.44. The van der Waals surface area contributed by atoms with E-state index in [1.807, 2.05) is 19.4 Å². The molecule has 23 heavy (non-hydrogen) atoms. The van der Waals surface area contributed by atoms with Gasteiger partial charge in [0, 0.05) is 32.5 Å². The van der Waals surface area contributed by atoms with Crippen molar-refractivity contribution in [1.29, 1.82) is 0 Å². The van der Waals surface area contributed by atoms with Gasteiger partial charge in [0.1, 0.15) is 11.2 Å². The van der Waals surface area contributed by atoms with Crippen LogP contribution in [0.15, 0.2) is 17.4 Å². The van der Waals surface area contributed by atoms with Crippen molar-refractivity contribution in [2.45, 2.75) is 33.5 Å². The molecule has 0 aromatic carbocycles. The highest BCUT2D eigenvalue weighted by molar-refractivity contribution is 5.52. The predicted molar refractivity (Wildman–Crippen MR) is 89.7 cm³/mol. The second-order valence-corrected chi connectivity index (χ2v) is 6.40. The molecule has 7 heteroatoms. The van der Waals surface area contributed by atoms with E-state index in [0.29, 0.717) is 5.92 Å². The Morgan fingerprint density at radius 1 is 1.39 bits per heavy atom. The van der Waals surface area contributed by atoms with Gasteiger partial charge in [-0.1, -0.05) is 20.8 Å². The summed E-state index contributed by atoms with van der Waals surface area (Å²) in [6.07, 6.45) is 6.90. The SMILES string of the molecule is CCCN1C=c2[nH]c(-c3cnn(C)c3)nc2=NC1NCC(C)C. The first-order valence-corrected chi connectivity index (χ1v) is 8.20. The largest absolute Gasteiger partial charge is 0.342 e. The van der Waals surface area contributed by atoms with Gasteiger partial charge < -0.3 is 9.88 Å². The van der Waals surface area contributed by atoms with Gasteiger partial charge in [0.25, 0.3) is 0 Å². The Bertz CT molecular complexity index is 771. The van der Waals surface area contributed by atoms with Gasteiger partial charge in [-0.05, 0) is 12.3 Å². The number of fused-ring (bicyclic) bond motifs is 1. The van der Waals surface area contributed by atoms with Crippen LogP contribution in [0, 0.1) is 5.92 Å². The number of nitrogens with zero attached hydrogens (tertiary/aromatic N) is 5. The smallest absolute Gasteiger partial charge is 0.178 e. The highest BCUT2D eigenvalue weighted by atomic mass is 15.4. The molecule has 0 bridgehead atoms. The summed E-state index contributed by atoms with van der Waals surface area (Å²) in [5, 5.41) is 8.67. The lowest BCUT2D eigenvalue weighted by Crippen LogP contribution is -2.50. The fraction of sp³-hybridized carbons (Fsp3) is 0.562. The van der Waals surface area contributed by atoms with E-state index in [9.17, 15) is 0 Å². The first kappa shape index (κ1) is 15.7. The van der Waals surface area contributed by atoms with Gasteiger partial charge in [-0.25, -0.2) is 9.98 Å². The Kier molecular flexibility index (Phi) is 4.47. The Morgan fingerprint density at radius 3 is 2.87 bits per heavy atom. The molecule has 124 valence electrons. The molecule has 1 atom stereocenters. The monoisotopic (exact) mass is 315 g/mol. The molecule has 2 N–H and O–H groups in total. The van der Waals surface area contributed by atoms with E-state index in [-0.39, 0.29) is 6.29 Å². The van der Waals surface area contributed by atoms with Crippen LogP contribution in [0.2, 0.25) is 0 Å². The highest BCUT2D eigenvalue weighted by Gasteiger charge is 2.18. The van der Waals surface area contributed by atoms with Crippen LogP contribution >= 0.6 is 0 Å². The minimum atomic E-state index is -0.0464. The Balaban J connectivity index is 1.93. The molecule has 7 nitrogen and oxygen atoms in total. The van der Waals surface area contributed by atoms with Crippen molar-refractivity contribution in [3.05, 3.63) is 23.2 Å². The summed E-state index contributed by atoms with van der Waals surface area (Å²) < 4.78 is 1.77. The van der Waals surface area contributed by atoms with Gasteiger partial charge in [-0.15, -0.1) is 0 Å². The number of H-pyrrole nitrogens is 1. The average Bonchev–Trinajstić information content (AvgIpc) is 3.10. The van der Waals surface area contributed by atoms with E-state index >= 15 is 0 Å². The van der Waals surface area contributed by atoms with Crippen LogP contribution in [0.4, 0.5) is 0 Å². The Labute approximate surface area is 136 Å². The highest BCUT2D eigenvalue weighted by Crippen LogP contribution is 2.10. The maximum absolute atomic E-state index is 4.78. The van der Waals surface area contributed by atoms with Crippen molar-refractivity contribution in [2.75, 3.05) is 13.1 Å². The number of nitrogens with one attached hydrogen (secondary N) is 2. The minimum Gasteiger partial charge on any atom is -0.342 e. The van der Waals surface area contributed by atoms with Gasteiger partial charge >= 0.3 is 0 Å². The van der Waals surface area contributed by atoms with Crippen LogP contribution < -0.4 is 16.2 Å². The number of aromatic amines is 1. The number of hydrogen-bond donors (Lipinski definition) is 2. The molecule has 3 heterocycles. The van der Waals surface area contributed by atoms with Crippen LogP contribution in [0.25, 0.3) is 17.6 Å². The van der Waals surface area contributed by atoms with E-state index < -0.39 is 0 Å². The summed E-state index contributed by atoms with van der Waals surface area (Å²) in [5.74, 6) is 1.39. The number of aromatic nitrogens is 4. The van der Waals surface area contributed by atoms with E-state index in [1.165, 1.54) is 0 Å². The minimum absolute atomic E-state index is 0.0464. The van der Waals surface area contributed by atoms with E-state index in [0.717, 1.165) is 41.7 Å². The molecule has 2 aromatic heterocycles. The van der Waals surface area contributed by atoms with E-state index in [4.69, 9.17) is 4.99 Å². The molecule has 0 aliphatic carbocycles. The maximum atomic E-state index is 4.78. The third-order valence-electron chi connectivity index (χ3n) is 3.73. The lowest BCUT2D eigenvalue weighted by molar-refractivity contribution is 0.246. The number of hydrogen-bond acceptors (Lipinski definition) is 5. The van der Waals surface area contributed by atoms with Gasteiger partial charge in [0.15, 0.2) is 11.8 Å². The standard InChI is InChI=1S/C16H25N7/c1-5-6-23-10-13-15(21-16(23)17-7-11(2)3)20-14(19-13)12-8-18-22(4)9-12/h8-11,16-17H,5-7H2,1-4H3,(H,19,20,21). The fourth-order valence-electron chi connectivity index (χ4n) is 2.62. The molecule has 0 spiro atoms. The third-order valence-corrected chi connectivity index (χ3v) is 3.73. The zero-order chi connectivity index (χ0) is 16.4. The molecule has 0 saturated heterocycles. The average molecular weight is 315 g/mol. The Morgan fingerprint density at radius 2 is 2.22 bits per heavy atom. The van der Waals surface area contributed by atoms with Crippen molar-refractivity contribution in [2.24, 2.45) is 18.0 Å². The summed E-state index contributed by atoms with van der Waals surface area (Å²) in [6, 6.07) is 0. The summed E-state index contributed by atoms with van der Waals surface area (Å²) in [6.45, 7) is 8.46. The molecule has 1 aliphatic rings.